The molecule has 2 aromatic rings. The summed E-state index contributed by atoms with van der Waals surface area (Å²) in [6.45, 7) is 4.66. The van der Waals surface area contributed by atoms with Crippen molar-refractivity contribution < 1.29 is 0 Å². The second kappa shape index (κ2) is 6.36. The standard InChI is InChI=1S/C8H11N3.C6H5Cl/c1-2-7-9-8-5-3-4-6-11(8)10-7;7-6-4-2-1-3-5-6/h2H,1,3-6H2;1-5H. The maximum absolute atomic E-state index is 5.54. The van der Waals surface area contributed by atoms with Gasteiger partial charge in [-0.1, -0.05) is 36.4 Å². The smallest absolute Gasteiger partial charge is 0.173 e. The van der Waals surface area contributed by atoms with Crippen LogP contribution < -0.4 is 0 Å². The molecule has 0 N–H and O–H groups in total. The SMILES string of the molecule is C=Cc1nc2n(n1)CCCC2.Clc1ccccc1. The van der Waals surface area contributed by atoms with Crippen molar-refractivity contribution in [3.8, 4) is 0 Å². The fourth-order valence-electron chi connectivity index (χ4n) is 1.80. The third-order valence-corrected chi connectivity index (χ3v) is 2.95. The van der Waals surface area contributed by atoms with Crippen molar-refractivity contribution in [3.63, 3.8) is 0 Å². The molecule has 1 aromatic heterocycles. The van der Waals surface area contributed by atoms with Crippen LogP contribution in [0.25, 0.3) is 6.08 Å². The van der Waals surface area contributed by atoms with Crippen molar-refractivity contribution >= 4 is 17.7 Å². The zero-order chi connectivity index (χ0) is 12.8. The maximum atomic E-state index is 5.54. The first-order valence-corrected chi connectivity index (χ1v) is 6.44. The second-order valence-corrected chi connectivity index (χ2v) is 4.50. The molecule has 2 heterocycles. The Morgan fingerprint density at radius 1 is 1.22 bits per heavy atom. The Balaban J connectivity index is 0.000000149. The van der Waals surface area contributed by atoms with Crippen LogP contribution in [0.5, 0.6) is 0 Å². The van der Waals surface area contributed by atoms with E-state index in [1.54, 1.807) is 6.08 Å². The highest BCUT2D eigenvalue weighted by Crippen LogP contribution is 2.11. The van der Waals surface area contributed by atoms with Crippen molar-refractivity contribution in [1.29, 1.82) is 0 Å². The number of aryl methyl sites for hydroxylation is 2. The first kappa shape index (κ1) is 12.8. The topological polar surface area (TPSA) is 30.7 Å². The highest BCUT2D eigenvalue weighted by molar-refractivity contribution is 6.30. The molecule has 1 aliphatic heterocycles. The van der Waals surface area contributed by atoms with Crippen molar-refractivity contribution in [3.05, 3.63) is 53.6 Å². The van der Waals surface area contributed by atoms with E-state index >= 15 is 0 Å². The van der Waals surface area contributed by atoms with Gasteiger partial charge in [0.15, 0.2) is 5.82 Å². The summed E-state index contributed by atoms with van der Waals surface area (Å²) in [5, 5.41) is 5.05. The molecule has 1 aliphatic rings. The van der Waals surface area contributed by atoms with Crippen LogP contribution in [0, 0.1) is 0 Å². The van der Waals surface area contributed by atoms with Crippen LogP contribution in [0.3, 0.4) is 0 Å². The number of fused-ring (bicyclic) bond motifs is 1. The molecule has 0 aliphatic carbocycles. The monoisotopic (exact) mass is 261 g/mol. The fraction of sp³-hybridized carbons (Fsp3) is 0.286. The van der Waals surface area contributed by atoms with E-state index in [1.165, 1.54) is 12.8 Å². The van der Waals surface area contributed by atoms with Crippen molar-refractivity contribution in [1.82, 2.24) is 14.8 Å². The van der Waals surface area contributed by atoms with Gasteiger partial charge in [-0.3, -0.25) is 0 Å². The lowest BCUT2D eigenvalue weighted by molar-refractivity contribution is 0.479. The van der Waals surface area contributed by atoms with Gasteiger partial charge < -0.3 is 0 Å². The lowest BCUT2D eigenvalue weighted by Gasteiger charge is -2.09. The molecule has 0 saturated heterocycles. The molecule has 0 bridgehead atoms. The summed E-state index contributed by atoms with van der Waals surface area (Å²) in [5.41, 5.74) is 0. The van der Waals surface area contributed by atoms with Gasteiger partial charge in [-0.2, -0.15) is 5.10 Å². The number of halogens is 1. The molecule has 3 rings (SSSR count). The summed E-state index contributed by atoms with van der Waals surface area (Å²) in [6.07, 6.45) is 5.24. The Labute approximate surface area is 112 Å². The fourth-order valence-corrected chi connectivity index (χ4v) is 1.95. The Morgan fingerprint density at radius 3 is 2.56 bits per heavy atom. The van der Waals surface area contributed by atoms with Crippen LogP contribution in [-0.2, 0) is 13.0 Å². The molecule has 1 aromatic carbocycles. The molecule has 0 radical (unpaired) electrons. The van der Waals surface area contributed by atoms with Crippen LogP contribution in [0.4, 0.5) is 0 Å². The lowest BCUT2D eigenvalue weighted by atomic mass is 10.2. The average molecular weight is 262 g/mol. The first-order chi connectivity index (χ1) is 8.79. The molecule has 0 saturated carbocycles. The van der Waals surface area contributed by atoms with Crippen LogP contribution >= 0.6 is 11.6 Å². The Kier molecular flexibility index (Phi) is 4.53. The molecular weight excluding hydrogens is 246 g/mol. The minimum Gasteiger partial charge on any atom is -0.249 e. The van der Waals surface area contributed by atoms with E-state index in [0.29, 0.717) is 0 Å². The van der Waals surface area contributed by atoms with Gasteiger partial charge in [0.05, 0.1) is 0 Å². The minimum atomic E-state index is 0.766. The molecule has 94 valence electrons. The maximum Gasteiger partial charge on any atom is 0.173 e. The first-order valence-electron chi connectivity index (χ1n) is 6.06. The number of hydrogen-bond donors (Lipinski definition) is 0. The van der Waals surface area contributed by atoms with Crippen molar-refractivity contribution in [2.24, 2.45) is 0 Å². The van der Waals surface area contributed by atoms with Gasteiger partial charge in [0.25, 0.3) is 0 Å². The van der Waals surface area contributed by atoms with E-state index in [4.69, 9.17) is 11.6 Å². The van der Waals surface area contributed by atoms with E-state index in [2.05, 4.69) is 16.7 Å². The summed E-state index contributed by atoms with van der Waals surface area (Å²) in [5.74, 6) is 1.88. The van der Waals surface area contributed by atoms with E-state index in [0.717, 1.165) is 29.6 Å². The van der Waals surface area contributed by atoms with Crippen LogP contribution in [-0.4, -0.2) is 14.8 Å². The summed E-state index contributed by atoms with van der Waals surface area (Å²) < 4.78 is 1.99. The van der Waals surface area contributed by atoms with Gasteiger partial charge in [0.1, 0.15) is 5.82 Å². The summed E-state index contributed by atoms with van der Waals surface area (Å²) >= 11 is 5.54. The number of aromatic nitrogens is 3. The number of rotatable bonds is 1. The van der Waals surface area contributed by atoms with Gasteiger partial charge in [-0.15, -0.1) is 0 Å². The van der Waals surface area contributed by atoms with Crippen LogP contribution in [0.1, 0.15) is 24.5 Å². The number of hydrogen-bond acceptors (Lipinski definition) is 2. The Morgan fingerprint density at radius 2 is 2.00 bits per heavy atom. The van der Waals surface area contributed by atoms with Crippen LogP contribution in [0.2, 0.25) is 5.02 Å². The van der Waals surface area contributed by atoms with Crippen molar-refractivity contribution in [2.45, 2.75) is 25.8 Å². The summed E-state index contributed by atoms with van der Waals surface area (Å²) in [7, 11) is 0. The van der Waals surface area contributed by atoms with Gasteiger partial charge >= 0.3 is 0 Å². The third kappa shape index (κ3) is 3.44. The average Bonchev–Trinajstić information content (AvgIpc) is 2.83. The molecule has 0 amide bonds. The minimum absolute atomic E-state index is 0.766. The predicted octanol–water partition coefficient (Wildman–Crippen LogP) is 3.60. The number of benzene rings is 1. The molecule has 0 fully saturated rings. The zero-order valence-corrected chi connectivity index (χ0v) is 11.0. The molecule has 3 nitrogen and oxygen atoms in total. The van der Waals surface area contributed by atoms with E-state index in [9.17, 15) is 0 Å². The number of nitrogens with zero attached hydrogens (tertiary/aromatic N) is 3. The highest BCUT2D eigenvalue weighted by Gasteiger charge is 2.11. The van der Waals surface area contributed by atoms with E-state index < -0.39 is 0 Å². The summed E-state index contributed by atoms with van der Waals surface area (Å²) in [6, 6.07) is 9.44. The normalized spacial score (nSPS) is 13.2. The van der Waals surface area contributed by atoms with E-state index in [1.807, 2.05) is 35.0 Å². The molecule has 4 heteroatoms. The lowest BCUT2D eigenvalue weighted by Crippen LogP contribution is -2.11. The molecular formula is C14H16ClN3. The van der Waals surface area contributed by atoms with Crippen molar-refractivity contribution in [2.75, 3.05) is 0 Å². The van der Waals surface area contributed by atoms with Crippen LogP contribution in [0.15, 0.2) is 36.9 Å². The largest absolute Gasteiger partial charge is 0.249 e. The quantitative estimate of drug-likeness (QED) is 0.785. The van der Waals surface area contributed by atoms with E-state index in [-0.39, 0.29) is 0 Å². The Bertz CT molecular complexity index is 482. The molecule has 0 atom stereocenters. The molecule has 0 spiro atoms. The highest BCUT2D eigenvalue weighted by atomic mass is 35.5. The predicted molar refractivity (Wildman–Crippen MR) is 74.5 cm³/mol. The second-order valence-electron chi connectivity index (χ2n) is 4.07. The Hall–Kier alpha value is -1.61. The zero-order valence-electron chi connectivity index (χ0n) is 10.2. The van der Waals surface area contributed by atoms with Gasteiger partial charge in [-0.05, 0) is 31.1 Å². The van der Waals surface area contributed by atoms with Gasteiger partial charge in [0.2, 0.25) is 0 Å². The van der Waals surface area contributed by atoms with Gasteiger partial charge in [0, 0.05) is 18.0 Å². The van der Waals surface area contributed by atoms with Gasteiger partial charge in [-0.25, -0.2) is 9.67 Å². The molecule has 0 unspecified atom stereocenters. The molecule has 18 heavy (non-hydrogen) atoms. The third-order valence-electron chi connectivity index (χ3n) is 2.70. The summed E-state index contributed by atoms with van der Waals surface area (Å²) in [4.78, 5) is 4.30.